The summed E-state index contributed by atoms with van der Waals surface area (Å²) >= 11 is 0. The van der Waals surface area contributed by atoms with Gasteiger partial charge in [-0.25, -0.2) is 9.97 Å². The maximum absolute atomic E-state index is 13.4. The number of carbonyl (C=O) groups excluding carboxylic acids is 2. The number of amides is 2. The molecule has 2 amide bonds. The van der Waals surface area contributed by atoms with Crippen LogP contribution < -0.4 is 15.2 Å². The lowest BCUT2D eigenvalue weighted by Crippen LogP contribution is -2.29. The summed E-state index contributed by atoms with van der Waals surface area (Å²) in [6.07, 6.45) is 3.63. The van der Waals surface area contributed by atoms with E-state index in [9.17, 15) is 9.59 Å². The van der Waals surface area contributed by atoms with Crippen LogP contribution in [0.2, 0.25) is 0 Å². The van der Waals surface area contributed by atoms with Crippen molar-refractivity contribution in [1.29, 1.82) is 0 Å². The summed E-state index contributed by atoms with van der Waals surface area (Å²) in [7, 11) is 1.94. The number of aryl methyl sites for hydroxylation is 1. The highest BCUT2D eigenvalue weighted by Crippen LogP contribution is 2.26. The molecule has 0 bridgehead atoms. The quantitative estimate of drug-likeness (QED) is 0.219. The molecule has 0 aliphatic carbocycles. The molecule has 0 radical (unpaired) electrons. The minimum absolute atomic E-state index is 0.234. The maximum Gasteiger partial charge on any atom is 0.274 e. The first-order chi connectivity index (χ1) is 20.0. The van der Waals surface area contributed by atoms with Crippen LogP contribution in [0.4, 0.5) is 11.4 Å². The normalized spacial score (nSPS) is 11.2. The Kier molecular flexibility index (Phi) is 5.79. The van der Waals surface area contributed by atoms with E-state index in [1.807, 2.05) is 103 Å². The molecule has 0 fully saturated rings. The van der Waals surface area contributed by atoms with Gasteiger partial charge in [-0.1, -0.05) is 48.5 Å². The Hall–Kier alpha value is -5.76. The number of carbonyl (C=O) groups is 2. The number of hydrogen-bond acceptors (Lipinski definition) is 5. The van der Waals surface area contributed by atoms with Gasteiger partial charge < -0.3 is 10.6 Å². The standard InChI is InChI=1S/C33H22N6O2/c1-39-19-5-9-23-7-3-11-25(31(23)39)38-33(41)27-17-15-22-13-12-21-14-16-26(35-29(21)30(22)36-27)32(40)37-24-10-2-6-20-8-4-18-34-28(20)24/h2-19H,1H3,(H-,37,38,40,41)/p+1. The molecule has 7 aromatic rings. The Morgan fingerprint density at radius 3 is 1.83 bits per heavy atom. The van der Waals surface area contributed by atoms with E-state index in [1.54, 1.807) is 18.3 Å². The molecule has 0 saturated heterocycles. The predicted octanol–water partition coefficient (Wildman–Crippen LogP) is 5.81. The number of benzene rings is 3. The van der Waals surface area contributed by atoms with Crippen LogP contribution in [0.3, 0.4) is 0 Å². The van der Waals surface area contributed by atoms with Crippen LogP contribution in [0.1, 0.15) is 21.0 Å². The molecule has 8 heteroatoms. The first-order valence-electron chi connectivity index (χ1n) is 13.1. The van der Waals surface area contributed by atoms with E-state index in [2.05, 4.69) is 20.6 Å². The molecule has 196 valence electrons. The van der Waals surface area contributed by atoms with Gasteiger partial charge in [-0.05, 0) is 42.5 Å². The number of para-hydroxylation sites is 2. The van der Waals surface area contributed by atoms with Crippen molar-refractivity contribution in [2.45, 2.75) is 0 Å². The zero-order valence-electron chi connectivity index (χ0n) is 22.0. The van der Waals surface area contributed by atoms with Crippen molar-refractivity contribution < 1.29 is 14.2 Å². The lowest BCUT2D eigenvalue weighted by molar-refractivity contribution is -0.644. The first kappa shape index (κ1) is 24.3. The highest BCUT2D eigenvalue weighted by atomic mass is 16.2. The second-order valence-electron chi connectivity index (χ2n) is 9.75. The SMILES string of the molecule is C[n+]1cccc2cccc(NC(=O)c3ccc4ccc5ccc(C(=O)Nc6cccc7cccnc67)nc5c4n3)c21. The van der Waals surface area contributed by atoms with Gasteiger partial charge in [0.1, 0.15) is 24.1 Å². The summed E-state index contributed by atoms with van der Waals surface area (Å²) in [5.41, 5.74) is 4.47. The van der Waals surface area contributed by atoms with Crippen LogP contribution in [0.15, 0.2) is 109 Å². The lowest BCUT2D eigenvalue weighted by atomic mass is 10.1. The summed E-state index contributed by atoms with van der Waals surface area (Å²) in [6, 6.07) is 30.1. The number of pyridine rings is 4. The molecule has 3 aromatic carbocycles. The van der Waals surface area contributed by atoms with Crippen molar-refractivity contribution in [2.24, 2.45) is 7.05 Å². The summed E-state index contributed by atoms with van der Waals surface area (Å²) < 4.78 is 1.97. The number of anilines is 2. The van der Waals surface area contributed by atoms with E-state index in [1.165, 1.54) is 0 Å². The molecule has 0 spiro atoms. The highest BCUT2D eigenvalue weighted by molar-refractivity contribution is 6.12. The smallest absolute Gasteiger partial charge is 0.274 e. The van der Waals surface area contributed by atoms with Gasteiger partial charge in [-0.15, -0.1) is 0 Å². The van der Waals surface area contributed by atoms with Gasteiger partial charge in [-0.3, -0.25) is 14.6 Å². The fourth-order valence-electron chi connectivity index (χ4n) is 5.14. The Labute approximate surface area is 234 Å². The molecule has 0 aliphatic heterocycles. The van der Waals surface area contributed by atoms with Crippen LogP contribution in [0, 0.1) is 0 Å². The summed E-state index contributed by atoms with van der Waals surface area (Å²) in [6.45, 7) is 0. The van der Waals surface area contributed by atoms with Gasteiger partial charge in [-0.2, -0.15) is 4.57 Å². The molecular weight excluding hydrogens is 512 g/mol. The largest absolute Gasteiger partial charge is 0.319 e. The van der Waals surface area contributed by atoms with Gasteiger partial charge in [0.25, 0.3) is 11.8 Å². The van der Waals surface area contributed by atoms with Crippen molar-refractivity contribution >= 4 is 66.8 Å². The molecular formula is C33H23N6O2+. The van der Waals surface area contributed by atoms with Crippen LogP contribution in [-0.2, 0) is 7.05 Å². The number of aromatic nitrogens is 4. The molecule has 0 unspecified atom stereocenters. The fourth-order valence-corrected chi connectivity index (χ4v) is 5.14. The molecule has 41 heavy (non-hydrogen) atoms. The Bertz CT molecular complexity index is 2170. The zero-order valence-corrected chi connectivity index (χ0v) is 22.0. The van der Waals surface area contributed by atoms with Crippen molar-refractivity contribution in [3.8, 4) is 0 Å². The second kappa shape index (κ2) is 9.77. The van der Waals surface area contributed by atoms with Crippen LogP contribution in [0.5, 0.6) is 0 Å². The van der Waals surface area contributed by atoms with Gasteiger partial charge in [0.2, 0.25) is 5.52 Å². The minimum Gasteiger partial charge on any atom is -0.319 e. The van der Waals surface area contributed by atoms with E-state index in [0.29, 0.717) is 27.9 Å². The first-order valence-corrected chi connectivity index (χ1v) is 13.1. The van der Waals surface area contributed by atoms with Crippen LogP contribution in [-0.4, -0.2) is 26.8 Å². The summed E-state index contributed by atoms with van der Waals surface area (Å²) in [5, 5.41) is 9.52. The van der Waals surface area contributed by atoms with Gasteiger partial charge >= 0.3 is 0 Å². The molecule has 2 N–H and O–H groups in total. The molecule has 0 atom stereocenters. The number of nitrogens with zero attached hydrogens (tertiary/aromatic N) is 4. The fraction of sp³-hybridized carbons (Fsp3) is 0.0303. The van der Waals surface area contributed by atoms with Gasteiger partial charge in [0.05, 0.1) is 22.2 Å². The van der Waals surface area contributed by atoms with Crippen molar-refractivity contribution in [1.82, 2.24) is 15.0 Å². The van der Waals surface area contributed by atoms with Crippen LogP contribution in [0.25, 0.3) is 43.6 Å². The van der Waals surface area contributed by atoms with Crippen molar-refractivity contribution in [3.05, 3.63) is 121 Å². The summed E-state index contributed by atoms with van der Waals surface area (Å²) in [4.78, 5) is 40.4. The number of fused-ring (bicyclic) bond motifs is 5. The van der Waals surface area contributed by atoms with Crippen LogP contribution >= 0.6 is 0 Å². The molecule has 7 rings (SSSR count). The van der Waals surface area contributed by atoms with E-state index < -0.39 is 0 Å². The molecule has 4 aromatic heterocycles. The predicted molar refractivity (Wildman–Crippen MR) is 160 cm³/mol. The van der Waals surface area contributed by atoms with E-state index in [0.717, 1.165) is 27.1 Å². The third-order valence-corrected chi connectivity index (χ3v) is 7.12. The van der Waals surface area contributed by atoms with E-state index >= 15 is 0 Å². The number of hydrogen-bond donors (Lipinski definition) is 2. The number of rotatable bonds is 4. The molecule has 0 aliphatic rings. The topological polar surface area (TPSA) is 101 Å². The molecule has 0 saturated carbocycles. The number of nitrogens with one attached hydrogen (secondary N) is 2. The summed E-state index contributed by atoms with van der Waals surface area (Å²) in [5.74, 6) is -0.697. The molecule has 4 heterocycles. The Balaban J connectivity index is 1.25. The maximum atomic E-state index is 13.4. The monoisotopic (exact) mass is 535 g/mol. The van der Waals surface area contributed by atoms with E-state index in [4.69, 9.17) is 4.98 Å². The van der Waals surface area contributed by atoms with Gasteiger partial charge in [0, 0.05) is 33.8 Å². The zero-order chi connectivity index (χ0) is 27.9. The minimum atomic E-state index is -0.361. The third-order valence-electron chi connectivity index (χ3n) is 7.12. The Morgan fingerprint density at radius 1 is 0.585 bits per heavy atom. The molecule has 8 nitrogen and oxygen atoms in total. The lowest BCUT2D eigenvalue weighted by Gasteiger charge is -2.10. The third kappa shape index (κ3) is 4.37. The second-order valence-corrected chi connectivity index (χ2v) is 9.75. The average molecular weight is 536 g/mol. The highest BCUT2D eigenvalue weighted by Gasteiger charge is 2.17. The van der Waals surface area contributed by atoms with Gasteiger partial charge in [0.15, 0.2) is 6.20 Å². The van der Waals surface area contributed by atoms with Crippen molar-refractivity contribution in [2.75, 3.05) is 10.6 Å². The van der Waals surface area contributed by atoms with E-state index in [-0.39, 0.29) is 23.2 Å². The average Bonchev–Trinajstić information content (AvgIpc) is 3.01. The van der Waals surface area contributed by atoms with Crippen molar-refractivity contribution in [3.63, 3.8) is 0 Å². The Morgan fingerprint density at radius 2 is 1.12 bits per heavy atom.